The molecule has 1 aliphatic carbocycles. The van der Waals surface area contributed by atoms with Crippen molar-refractivity contribution in [1.82, 2.24) is 9.97 Å². The number of H-pyrrole nitrogens is 1. The van der Waals surface area contributed by atoms with Crippen molar-refractivity contribution in [3.63, 3.8) is 0 Å². The van der Waals surface area contributed by atoms with Crippen LogP contribution in [0, 0.1) is 5.92 Å². The van der Waals surface area contributed by atoms with Crippen molar-refractivity contribution in [2.24, 2.45) is 10.9 Å². The quantitative estimate of drug-likeness (QED) is 0.539. The van der Waals surface area contributed by atoms with Gasteiger partial charge in [0.2, 0.25) is 0 Å². The molecule has 0 bridgehead atoms. The molecule has 0 fully saturated rings. The van der Waals surface area contributed by atoms with Crippen LogP contribution in [0.3, 0.4) is 0 Å². The van der Waals surface area contributed by atoms with Crippen LogP contribution in [-0.4, -0.2) is 35.4 Å². The van der Waals surface area contributed by atoms with Gasteiger partial charge in [0, 0.05) is 39.9 Å². The predicted molar refractivity (Wildman–Crippen MR) is 135 cm³/mol. The zero-order chi connectivity index (χ0) is 23.7. The first kappa shape index (κ1) is 22.7. The first-order valence-electron chi connectivity index (χ1n) is 11.9. The Hall–Kier alpha value is -3.12. The number of benzene rings is 2. The molecule has 0 amide bonds. The summed E-state index contributed by atoms with van der Waals surface area (Å²) in [5.74, 6) is 2.26. The zero-order valence-corrected chi connectivity index (χ0v) is 20.2. The maximum Gasteiger partial charge on any atom is 0.254 e. The van der Waals surface area contributed by atoms with Crippen LogP contribution >= 0.6 is 11.6 Å². The number of hydrogen-bond acceptors (Lipinski definition) is 5. The van der Waals surface area contributed by atoms with Gasteiger partial charge in [-0.25, -0.2) is 4.98 Å². The van der Waals surface area contributed by atoms with Crippen LogP contribution in [0.15, 0.2) is 46.2 Å². The van der Waals surface area contributed by atoms with Crippen molar-refractivity contribution in [1.29, 1.82) is 0 Å². The Bertz CT molecular complexity index is 1310. The number of halogens is 1. The molecule has 0 saturated heterocycles. The van der Waals surface area contributed by atoms with E-state index in [1.165, 1.54) is 5.56 Å². The minimum absolute atomic E-state index is 0.0805. The van der Waals surface area contributed by atoms with E-state index < -0.39 is 0 Å². The van der Waals surface area contributed by atoms with Crippen molar-refractivity contribution in [2.75, 3.05) is 19.8 Å². The number of nitrogens with zero attached hydrogens (tertiary/aromatic N) is 2. The molecule has 6 nitrogen and oxygen atoms in total. The van der Waals surface area contributed by atoms with Crippen molar-refractivity contribution in [3.8, 4) is 22.9 Å². The number of aromatic amines is 1. The van der Waals surface area contributed by atoms with Gasteiger partial charge in [-0.15, -0.1) is 0 Å². The largest absolute Gasteiger partial charge is 0.490 e. The molecule has 0 saturated carbocycles. The van der Waals surface area contributed by atoms with Gasteiger partial charge in [0.15, 0.2) is 11.5 Å². The average molecular weight is 478 g/mol. The third-order valence-electron chi connectivity index (χ3n) is 6.47. The van der Waals surface area contributed by atoms with Crippen molar-refractivity contribution >= 4 is 17.3 Å². The number of aliphatic imine (C=N–C) groups is 1. The standard InChI is InChI=1S/C27H28ClN3O3/c1-3-33-23-14-16-10-11-29-25(20(16)15-24(23)34-4-2)17-8-9-22-21(13-17)27(32)31-26(30-22)18-6-5-7-19(28)12-18/h5-7,12,14-15,17H,3-4,8-11,13H2,1-2H3,(H,30,31,32). The van der Waals surface area contributed by atoms with Crippen LogP contribution in [-0.2, 0) is 19.3 Å². The van der Waals surface area contributed by atoms with Gasteiger partial charge < -0.3 is 14.5 Å². The van der Waals surface area contributed by atoms with Crippen LogP contribution in [0.5, 0.6) is 11.5 Å². The van der Waals surface area contributed by atoms with E-state index in [1.54, 1.807) is 0 Å². The van der Waals surface area contributed by atoms with Crippen LogP contribution < -0.4 is 15.0 Å². The molecule has 1 aliphatic heterocycles. The predicted octanol–water partition coefficient (Wildman–Crippen LogP) is 5.04. The van der Waals surface area contributed by atoms with Gasteiger partial charge in [-0.2, -0.15) is 0 Å². The summed E-state index contributed by atoms with van der Waals surface area (Å²) in [6.45, 7) is 5.85. The molecule has 1 unspecified atom stereocenters. The number of fused-ring (bicyclic) bond motifs is 2. The van der Waals surface area contributed by atoms with Gasteiger partial charge in [-0.05, 0) is 69.4 Å². The third-order valence-corrected chi connectivity index (χ3v) is 6.71. The molecule has 0 radical (unpaired) electrons. The zero-order valence-electron chi connectivity index (χ0n) is 19.5. The number of ether oxygens (including phenoxy) is 2. The molecule has 5 rings (SSSR count). The summed E-state index contributed by atoms with van der Waals surface area (Å²) in [5, 5.41) is 0.617. The van der Waals surface area contributed by atoms with Gasteiger partial charge in [0.1, 0.15) is 5.82 Å². The summed E-state index contributed by atoms with van der Waals surface area (Å²) in [4.78, 5) is 25.7. The first-order chi connectivity index (χ1) is 16.6. The van der Waals surface area contributed by atoms with E-state index in [-0.39, 0.29) is 11.5 Å². The fourth-order valence-corrected chi connectivity index (χ4v) is 5.13. The Morgan fingerprint density at radius 3 is 2.65 bits per heavy atom. The van der Waals surface area contributed by atoms with Crippen molar-refractivity contribution in [3.05, 3.63) is 74.2 Å². The Morgan fingerprint density at radius 1 is 1.09 bits per heavy atom. The molecular weight excluding hydrogens is 450 g/mol. The van der Waals surface area contributed by atoms with E-state index in [9.17, 15) is 4.79 Å². The molecule has 2 heterocycles. The Morgan fingerprint density at radius 2 is 1.88 bits per heavy atom. The maximum atomic E-state index is 13.1. The number of aryl methyl sites for hydroxylation is 1. The smallest absolute Gasteiger partial charge is 0.254 e. The van der Waals surface area contributed by atoms with E-state index in [4.69, 9.17) is 31.1 Å². The molecule has 2 aromatic carbocycles. The van der Waals surface area contributed by atoms with Gasteiger partial charge in [-0.1, -0.05) is 23.7 Å². The summed E-state index contributed by atoms with van der Waals surface area (Å²) in [7, 11) is 0. The van der Waals surface area contributed by atoms with Crippen molar-refractivity contribution < 1.29 is 9.47 Å². The van der Waals surface area contributed by atoms with E-state index in [0.29, 0.717) is 30.5 Å². The molecule has 7 heteroatoms. The summed E-state index contributed by atoms with van der Waals surface area (Å²) in [5.41, 5.74) is 5.77. The monoisotopic (exact) mass is 477 g/mol. The van der Waals surface area contributed by atoms with Crippen LogP contribution in [0.25, 0.3) is 11.4 Å². The second-order valence-corrected chi connectivity index (χ2v) is 9.07. The van der Waals surface area contributed by atoms with Crippen LogP contribution in [0.4, 0.5) is 0 Å². The maximum absolute atomic E-state index is 13.1. The Kier molecular flexibility index (Phi) is 6.42. The van der Waals surface area contributed by atoms with Gasteiger partial charge >= 0.3 is 0 Å². The fourth-order valence-electron chi connectivity index (χ4n) is 4.94. The lowest BCUT2D eigenvalue weighted by Crippen LogP contribution is -2.32. The van der Waals surface area contributed by atoms with E-state index in [0.717, 1.165) is 65.4 Å². The first-order valence-corrected chi connectivity index (χ1v) is 12.3. The fraction of sp³-hybridized carbons (Fsp3) is 0.370. The number of aromatic nitrogens is 2. The Labute approximate surface area is 204 Å². The highest BCUT2D eigenvalue weighted by molar-refractivity contribution is 6.30. The topological polar surface area (TPSA) is 76.6 Å². The van der Waals surface area contributed by atoms with E-state index >= 15 is 0 Å². The summed E-state index contributed by atoms with van der Waals surface area (Å²) < 4.78 is 11.7. The SMILES string of the molecule is CCOc1cc2c(cc1OCC)C(C1CCc3nc(-c4cccc(Cl)c4)[nH]c(=O)c3C1)=NCC2. The third kappa shape index (κ3) is 4.34. The van der Waals surface area contributed by atoms with Crippen LogP contribution in [0.2, 0.25) is 5.02 Å². The van der Waals surface area contributed by atoms with Gasteiger partial charge in [0.25, 0.3) is 5.56 Å². The summed E-state index contributed by atoms with van der Waals surface area (Å²) in [6.07, 6.45) is 3.14. The second-order valence-electron chi connectivity index (χ2n) is 8.63. The molecular formula is C27H28ClN3O3. The van der Waals surface area contributed by atoms with Gasteiger partial charge in [-0.3, -0.25) is 9.79 Å². The molecule has 1 atom stereocenters. The molecule has 34 heavy (non-hydrogen) atoms. The summed E-state index contributed by atoms with van der Waals surface area (Å²) in [6, 6.07) is 11.6. The average Bonchev–Trinajstić information content (AvgIpc) is 2.84. The molecule has 176 valence electrons. The minimum Gasteiger partial charge on any atom is -0.490 e. The normalized spacial score (nSPS) is 16.9. The van der Waals surface area contributed by atoms with Crippen molar-refractivity contribution in [2.45, 2.75) is 39.5 Å². The van der Waals surface area contributed by atoms with Gasteiger partial charge in [0.05, 0.1) is 18.9 Å². The van der Waals surface area contributed by atoms with E-state index in [2.05, 4.69) is 17.1 Å². The Balaban J connectivity index is 1.46. The second kappa shape index (κ2) is 9.63. The molecule has 2 aliphatic rings. The lowest BCUT2D eigenvalue weighted by molar-refractivity contribution is 0.287. The minimum atomic E-state index is -0.0805. The number of nitrogens with one attached hydrogen (secondary N) is 1. The number of hydrogen-bond donors (Lipinski definition) is 1. The molecule has 1 N–H and O–H groups in total. The lowest BCUT2D eigenvalue weighted by Gasteiger charge is -2.29. The molecule has 1 aromatic heterocycles. The highest BCUT2D eigenvalue weighted by Crippen LogP contribution is 2.36. The lowest BCUT2D eigenvalue weighted by atomic mass is 9.79. The number of rotatable bonds is 6. The van der Waals surface area contributed by atoms with E-state index in [1.807, 2.05) is 38.1 Å². The highest BCUT2D eigenvalue weighted by Gasteiger charge is 2.30. The molecule has 0 spiro atoms. The summed E-state index contributed by atoms with van der Waals surface area (Å²) >= 11 is 6.13. The van der Waals surface area contributed by atoms with Crippen LogP contribution in [0.1, 0.15) is 42.7 Å². The highest BCUT2D eigenvalue weighted by atomic mass is 35.5. The molecule has 3 aromatic rings.